The van der Waals surface area contributed by atoms with Crippen LogP contribution in [0.15, 0.2) is 61.2 Å². The molecule has 9 atom stereocenters. The van der Waals surface area contributed by atoms with Crippen molar-refractivity contribution >= 4 is 17.3 Å². The Hall–Kier alpha value is -2.95. The number of imidazole rings is 1. The predicted octanol–water partition coefficient (Wildman–Crippen LogP) is 10.7. The average molecular weight is 665 g/mol. The number of fused-ring (bicyclic) bond motifs is 7. The van der Waals surface area contributed by atoms with Gasteiger partial charge in [0.15, 0.2) is 0 Å². The molecule has 4 fully saturated rings. The Bertz CT molecular complexity index is 1640. The summed E-state index contributed by atoms with van der Waals surface area (Å²) in [6.45, 7) is 20.6. The molecule has 0 saturated heterocycles. The summed E-state index contributed by atoms with van der Waals surface area (Å²) in [5, 5.41) is 9.48. The molecule has 4 saturated carbocycles. The van der Waals surface area contributed by atoms with Crippen molar-refractivity contribution in [3.8, 4) is 0 Å². The van der Waals surface area contributed by atoms with Gasteiger partial charge in [-0.2, -0.15) is 0 Å². The number of aromatic nitrogens is 2. The number of aromatic carboxylic acids is 1. The van der Waals surface area contributed by atoms with Gasteiger partial charge in [-0.25, -0.2) is 9.78 Å². The van der Waals surface area contributed by atoms with Crippen molar-refractivity contribution in [1.29, 1.82) is 0 Å². The van der Waals surface area contributed by atoms with Crippen LogP contribution in [0.25, 0.3) is 5.57 Å². The highest BCUT2D eigenvalue weighted by atomic mass is 16.4. The molecule has 7 rings (SSSR count). The molecule has 0 amide bonds. The van der Waals surface area contributed by atoms with E-state index in [9.17, 15) is 14.7 Å². The third-order valence-electron chi connectivity index (χ3n) is 16.3. The van der Waals surface area contributed by atoms with Gasteiger partial charge in [-0.05, 0) is 152 Å². The largest absolute Gasteiger partial charge is 0.478 e. The number of carbonyl (C=O) groups is 2. The predicted molar refractivity (Wildman–Crippen MR) is 197 cm³/mol. The summed E-state index contributed by atoms with van der Waals surface area (Å²) in [5.41, 5.74) is 4.67. The van der Waals surface area contributed by atoms with Crippen molar-refractivity contribution in [3.63, 3.8) is 0 Å². The first-order valence-electron chi connectivity index (χ1n) is 19.4. The molecule has 5 aliphatic carbocycles. The van der Waals surface area contributed by atoms with Crippen molar-refractivity contribution < 1.29 is 14.7 Å². The van der Waals surface area contributed by atoms with Crippen LogP contribution in [0.3, 0.4) is 0 Å². The summed E-state index contributed by atoms with van der Waals surface area (Å²) in [6, 6.07) is 7.57. The van der Waals surface area contributed by atoms with Crippen LogP contribution in [0, 0.1) is 56.7 Å². The van der Waals surface area contributed by atoms with Gasteiger partial charge in [-0.1, -0.05) is 65.0 Å². The lowest BCUT2D eigenvalue weighted by Gasteiger charge is -2.72. The third kappa shape index (κ3) is 5.09. The molecule has 1 aromatic heterocycles. The highest BCUT2D eigenvalue weighted by molar-refractivity contribution is 5.88. The van der Waals surface area contributed by atoms with Gasteiger partial charge in [0, 0.05) is 30.8 Å². The van der Waals surface area contributed by atoms with Crippen LogP contribution < -0.4 is 0 Å². The van der Waals surface area contributed by atoms with E-state index in [-0.39, 0.29) is 27.1 Å². The number of allylic oxidation sites excluding steroid dienone is 3. The molecule has 5 nitrogen and oxygen atoms in total. The number of hydrogen-bond donors (Lipinski definition) is 1. The van der Waals surface area contributed by atoms with Gasteiger partial charge in [-0.3, -0.25) is 4.79 Å². The molecule has 264 valence electrons. The lowest BCUT2D eigenvalue weighted by atomic mass is 9.32. The van der Waals surface area contributed by atoms with E-state index in [0.717, 1.165) is 45.1 Å². The Morgan fingerprint density at radius 3 is 2.35 bits per heavy atom. The molecule has 5 aliphatic rings. The quantitative estimate of drug-likeness (QED) is 0.214. The molecule has 0 radical (unpaired) electrons. The fraction of sp³-hybridized carbons (Fsp3) is 0.659. The smallest absolute Gasteiger partial charge is 0.335 e. The minimum Gasteiger partial charge on any atom is -0.478 e. The van der Waals surface area contributed by atoms with Gasteiger partial charge in [0.25, 0.3) is 0 Å². The van der Waals surface area contributed by atoms with E-state index in [1.54, 1.807) is 12.1 Å². The maximum atomic E-state index is 14.5. The van der Waals surface area contributed by atoms with Crippen LogP contribution in [-0.4, -0.2) is 26.4 Å². The fourth-order valence-corrected chi connectivity index (χ4v) is 13.8. The van der Waals surface area contributed by atoms with Gasteiger partial charge >= 0.3 is 5.97 Å². The molecule has 1 N–H and O–H groups in total. The molecule has 0 unspecified atom stereocenters. The topological polar surface area (TPSA) is 72.2 Å². The number of carboxylic acid groups (broad SMARTS) is 1. The first kappa shape index (κ1) is 34.5. The number of Topliss-reactive ketones (excluding diaryl/α,β-unsaturated/α-hetero) is 1. The van der Waals surface area contributed by atoms with E-state index in [1.807, 2.05) is 30.9 Å². The molecule has 1 aromatic carbocycles. The molecule has 0 spiro atoms. The maximum Gasteiger partial charge on any atom is 0.335 e. The van der Waals surface area contributed by atoms with E-state index in [1.165, 1.54) is 48.8 Å². The number of nitrogens with zero attached hydrogens (tertiary/aromatic N) is 2. The Morgan fingerprint density at radius 2 is 1.67 bits per heavy atom. The van der Waals surface area contributed by atoms with E-state index < -0.39 is 5.97 Å². The maximum absolute atomic E-state index is 14.5. The van der Waals surface area contributed by atoms with E-state index >= 15 is 0 Å². The summed E-state index contributed by atoms with van der Waals surface area (Å²) < 4.78 is 2.13. The van der Waals surface area contributed by atoms with Gasteiger partial charge in [0.05, 0.1) is 11.9 Å². The molecule has 0 aliphatic heterocycles. The number of carboxylic acids is 1. The number of ketones is 1. The summed E-state index contributed by atoms with van der Waals surface area (Å²) in [7, 11) is 0. The molecule has 0 bridgehead atoms. The van der Waals surface area contributed by atoms with Gasteiger partial charge < -0.3 is 9.67 Å². The summed E-state index contributed by atoms with van der Waals surface area (Å²) >= 11 is 0. The summed E-state index contributed by atoms with van der Waals surface area (Å²) in [4.78, 5) is 30.2. The molecular weight excluding hydrogens is 604 g/mol. The van der Waals surface area contributed by atoms with Crippen LogP contribution in [0.1, 0.15) is 135 Å². The first-order valence-corrected chi connectivity index (χ1v) is 19.4. The van der Waals surface area contributed by atoms with Crippen LogP contribution in [0.4, 0.5) is 0 Å². The number of aryl methyl sites for hydroxylation is 1. The standard InChI is InChI=1S/C44H60N2O3/c1-29(2)32-17-22-44(37(47)10-8-9-26-46-27-25-45-28-46)24-23-42(6)34(38(32)44)15-16-36-41(5)20-18-33(30-11-13-31(14-12-30)39(48)49)40(3,4)35(41)19-21-43(36,42)7/h11-14,18,25,27-28,32,34-36,38H,1,8-10,15-17,19-24,26H2,2-7H3,(H,48,49)/t32-,34+,35-,36+,38+,41-,42+,43+,44+/m0/s1. The zero-order chi connectivity index (χ0) is 35.0. The molecular formula is C44H60N2O3. The van der Waals surface area contributed by atoms with E-state index in [2.05, 4.69) is 63.7 Å². The number of carbonyl (C=O) groups excluding carboxylic acids is 1. The average Bonchev–Trinajstić information content (AvgIpc) is 3.72. The highest BCUT2D eigenvalue weighted by Gasteiger charge is 2.71. The molecule has 49 heavy (non-hydrogen) atoms. The van der Waals surface area contributed by atoms with Crippen LogP contribution in [0.5, 0.6) is 0 Å². The minimum absolute atomic E-state index is 0.000670. The third-order valence-corrected chi connectivity index (χ3v) is 16.3. The normalized spacial score (nSPS) is 39.1. The molecule has 5 heteroatoms. The Balaban J connectivity index is 1.16. The number of rotatable bonds is 9. The second-order valence-corrected chi connectivity index (χ2v) is 18.4. The second-order valence-electron chi connectivity index (χ2n) is 18.4. The SMILES string of the molecule is C=C(C)[C@@H]1CC[C@]2(C(=O)CCCCn3ccnc3)CC[C@]3(C)[C@H](CC[C@@H]4[C@@]5(C)CC=C(c6ccc(C(=O)O)cc6)C(C)(C)[C@@H]5CC[C@]43C)[C@@H]12. The monoisotopic (exact) mass is 664 g/mol. The van der Waals surface area contributed by atoms with Crippen LogP contribution in [-0.2, 0) is 11.3 Å². The van der Waals surface area contributed by atoms with Gasteiger partial charge in [0.2, 0.25) is 0 Å². The van der Waals surface area contributed by atoms with Crippen molar-refractivity contribution in [3.05, 3.63) is 72.3 Å². The number of unbranched alkanes of at least 4 members (excludes halogenated alkanes) is 1. The van der Waals surface area contributed by atoms with Crippen molar-refractivity contribution in [1.82, 2.24) is 9.55 Å². The van der Waals surface area contributed by atoms with Gasteiger partial charge in [-0.15, -0.1) is 0 Å². The van der Waals surface area contributed by atoms with E-state index in [4.69, 9.17) is 0 Å². The summed E-state index contributed by atoms with van der Waals surface area (Å²) in [6.07, 6.45) is 21.4. The fourth-order valence-electron chi connectivity index (χ4n) is 13.8. The Morgan fingerprint density at radius 1 is 0.918 bits per heavy atom. The van der Waals surface area contributed by atoms with Crippen molar-refractivity contribution in [2.24, 2.45) is 56.7 Å². The Labute approximate surface area is 295 Å². The van der Waals surface area contributed by atoms with Crippen molar-refractivity contribution in [2.75, 3.05) is 0 Å². The number of benzene rings is 1. The number of hydrogen-bond acceptors (Lipinski definition) is 3. The lowest BCUT2D eigenvalue weighted by molar-refractivity contribution is -0.224. The second kappa shape index (κ2) is 12.1. The highest BCUT2D eigenvalue weighted by Crippen LogP contribution is 2.78. The zero-order valence-corrected chi connectivity index (χ0v) is 31.1. The molecule has 2 aromatic rings. The Kier molecular flexibility index (Phi) is 8.51. The zero-order valence-electron chi connectivity index (χ0n) is 31.1. The minimum atomic E-state index is -0.871. The van der Waals surface area contributed by atoms with Crippen LogP contribution in [0.2, 0.25) is 0 Å². The van der Waals surface area contributed by atoms with Crippen molar-refractivity contribution in [2.45, 2.75) is 125 Å². The molecule has 1 heterocycles. The van der Waals surface area contributed by atoms with Gasteiger partial charge in [0.1, 0.15) is 5.78 Å². The summed E-state index contributed by atoms with van der Waals surface area (Å²) in [5.74, 6) is 2.34. The lowest BCUT2D eigenvalue weighted by Crippen LogP contribution is -2.65. The van der Waals surface area contributed by atoms with Crippen LogP contribution >= 0.6 is 0 Å². The first-order chi connectivity index (χ1) is 23.2. The van der Waals surface area contributed by atoms with E-state index in [0.29, 0.717) is 47.4 Å².